The Morgan fingerprint density at radius 1 is 1.27 bits per heavy atom. The number of hydrogen-bond acceptors (Lipinski definition) is 4. The average molecular weight is 352 g/mol. The number of anilines is 1. The smallest absolute Gasteiger partial charge is 0.225 e. The molecule has 0 saturated carbocycles. The van der Waals surface area contributed by atoms with E-state index in [2.05, 4.69) is 46.4 Å². The van der Waals surface area contributed by atoms with E-state index in [0.717, 1.165) is 42.9 Å². The second kappa shape index (κ2) is 8.30. The minimum absolute atomic E-state index is 0.0237. The molecule has 1 N–H and O–H groups in total. The molecule has 0 spiro atoms. The van der Waals surface area contributed by atoms with Crippen LogP contribution in [0.3, 0.4) is 0 Å². The van der Waals surface area contributed by atoms with Crippen LogP contribution in [0.1, 0.15) is 38.7 Å². The number of carbonyl (C=O) groups is 1. The fraction of sp³-hybridized carbons (Fsp3) is 0.476. The topological polar surface area (TPSA) is 58.1 Å². The van der Waals surface area contributed by atoms with E-state index >= 15 is 0 Å². The van der Waals surface area contributed by atoms with Crippen molar-refractivity contribution in [2.75, 3.05) is 18.0 Å². The Balaban J connectivity index is 1.69. The van der Waals surface area contributed by atoms with Gasteiger partial charge in [0.25, 0.3) is 0 Å². The van der Waals surface area contributed by atoms with Crippen molar-refractivity contribution in [3.63, 3.8) is 0 Å². The number of nitrogens with one attached hydrogen (secondary N) is 1. The molecule has 2 aromatic rings. The van der Waals surface area contributed by atoms with Gasteiger partial charge in [0.2, 0.25) is 5.91 Å². The second-order valence-electron chi connectivity index (χ2n) is 7.19. The first kappa shape index (κ1) is 18.4. The van der Waals surface area contributed by atoms with Gasteiger partial charge < -0.3 is 10.2 Å². The Hall–Kier alpha value is -2.43. The van der Waals surface area contributed by atoms with Gasteiger partial charge in [-0.15, -0.1) is 10.2 Å². The number of nitrogens with zero attached hydrogens (tertiary/aromatic N) is 3. The fourth-order valence-electron chi connectivity index (χ4n) is 3.36. The standard InChI is InChI=1S/C21H28N4O/c1-4-16(3)22-21(26)17-9-7-13-25(14-17)20-12-11-19(23-24-20)18-10-6-5-8-15(18)2/h5-6,8,10-12,16-17H,4,7,9,13-14H2,1-3H3,(H,22,26)/t16-,17-/m1/s1. The average Bonchev–Trinajstić information content (AvgIpc) is 2.68. The van der Waals surface area contributed by atoms with Crippen LogP contribution < -0.4 is 10.2 Å². The van der Waals surface area contributed by atoms with E-state index in [0.29, 0.717) is 6.54 Å². The maximum absolute atomic E-state index is 12.4. The van der Waals surface area contributed by atoms with Crippen LogP contribution in [0.2, 0.25) is 0 Å². The molecular weight excluding hydrogens is 324 g/mol. The Bertz CT molecular complexity index is 744. The highest BCUT2D eigenvalue weighted by molar-refractivity contribution is 5.79. The Labute approximate surface area is 155 Å². The van der Waals surface area contributed by atoms with Gasteiger partial charge in [0.05, 0.1) is 11.6 Å². The van der Waals surface area contributed by atoms with Crippen LogP contribution in [-0.4, -0.2) is 35.2 Å². The van der Waals surface area contributed by atoms with Crippen LogP contribution in [0.5, 0.6) is 0 Å². The normalized spacial score (nSPS) is 18.4. The first-order chi connectivity index (χ1) is 12.6. The molecule has 0 unspecified atom stereocenters. The molecule has 1 aromatic carbocycles. The number of aromatic nitrogens is 2. The molecule has 1 aliphatic heterocycles. The van der Waals surface area contributed by atoms with Crippen LogP contribution in [0.15, 0.2) is 36.4 Å². The molecule has 0 radical (unpaired) electrons. The Kier molecular flexibility index (Phi) is 5.86. The number of aryl methyl sites for hydroxylation is 1. The van der Waals surface area contributed by atoms with Crippen molar-refractivity contribution in [2.24, 2.45) is 5.92 Å². The molecule has 0 bridgehead atoms. The lowest BCUT2D eigenvalue weighted by molar-refractivity contribution is -0.125. The second-order valence-corrected chi connectivity index (χ2v) is 7.19. The first-order valence-corrected chi connectivity index (χ1v) is 9.53. The van der Waals surface area contributed by atoms with Crippen molar-refractivity contribution in [1.29, 1.82) is 0 Å². The lowest BCUT2D eigenvalue weighted by Crippen LogP contribution is -2.45. The van der Waals surface area contributed by atoms with Crippen LogP contribution in [-0.2, 0) is 4.79 Å². The lowest BCUT2D eigenvalue weighted by atomic mass is 9.96. The van der Waals surface area contributed by atoms with Gasteiger partial charge in [-0.25, -0.2) is 0 Å². The SMILES string of the molecule is CC[C@@H](C)NC(=O)[C@@H]1CCCN(c2ccc(-c3ccccc3C)nn2)C1. The highest BCUT2D eigenvalue weighted by atomic mass is 16.2. The van der Waals surface area contributed by atoms with Crippen LogP contribution in [0.25, 0.3) is 11.3 Å². The summed E-state index contributed by atoms with van der Waals surface area (Å²) in [6, 6.07) is 12.5. The van der Waals surface area contributed by atoms with E-state index in [1.165, 1.54) is 5.56 Å². The maximum Gasteiger partial charge on any atom is 0.225 e. The quantitative estimate of drug-likeness (QED) is 0.893. The minimum Gasteiger partial charge on any atom is -0.354 e. The largest absolute Gasteiger partial charge is 0.354 e. The molecule has 138 valence electrons. The van der Waals surface area contributed by atoms with Crippen molar-refractivity contribution in [3.8, 4) is 11.3 Å². The molecule has 5 heteroatoms. The Morgan fingerprint density at radius 2 is 2.08 bits per heavy atom. The summed E-state index contributed by atoms with van der Waals surface area (Å²) in [5, 5.41) is 12.0. The highest BCUT2D eigenvalue weighted by Gasteiger charge is 2.27. The molecule has 1 aliphatic rings. The van der Waals surface area contributed by atoms with E-state index in [1.54, 1.807) is 0 Å². The number of carbonyl (C=O) groups excluding carboxylic acids is 1. The molecule has 0 aliphatic carbocycles. The van der Waals surface area contributed by atoms with Crippen molar-refractivity contribution < 1.29 is 4.79 Å². The van der Waals surface area contributed by atoms with Crippen molar-refractivity contribution >= 4 is 11.7 Å². The van der Waals surface area contributed by atoms with Gasteiger partial charge in [0, 0.05) is 24.7 Å². The number of amides is 1. The fourth-order valence-corrected chi connectivity index (χ4v) is 3.36. The molecule has 1 amide bonds. The monoisotopic (exact) mass is 352 g/mol. The van der Waals surface area contributed by atoms with Gasteiger partial charge in [0.15, 0.2) is 5.82 Å². The number of piperidine rings is 1. The number of hydrogen-bond donors (Lipinski definition) is 1. The summed E-state index contributed by atoms with van der Waals surface area (Å²) >= 11 is 0. The van der Waals surface area contributed by atoms with Crippen molar-refractivity contribution in [1.82, 2.24) is 15.5 Å². The lowest BCUT2D eigenvalue weighted by Gasteiger charge is -2.33. The van der Waals surface area contributed by atoms with Gasteiger partial charge in [-0.05, 0) is 50.8 Å². The molecule has 2 atom stereocenters. The third kappa shape index (κ3) is 4.21. The van der Waals surface area contributed by atoms with E-state index in [9.17, 15) is 4.79 Å². The zero-order valence-corrected chi connectivity index (χ0v) is 15.9. The Morgan fingerprint density at radius 3 is 2.77 bits per heavy atom. The molecule has 1 saturated heterocycles. The van der Waals surface area contributed by atoms with Gasteiger partial charge in [-0.1, -0.05) is 31.2 Å². The summed E-state index contributed by atoms with van der Waals surface area (Å²) in [6.45, 7) is 7.85. The summed E-state index contributed by atoms with van der Waals surface area (Å²) in [5.41, 5.74) is 3.18. The van der Waals surface area contributed by atoms with Crippen LogP contribution in [0, 0.1) is 12.8 Å². The third-order valence-electron chi connectivity index (χ3n) is 5.19. The van der Waals surface area contributed by atoms with Gasteiger partial charge in [-0.3, -0.25) is 4.79 Å². The summed E-state index contributed by atoms with van der Waals surface area (Å²) in [4.78, 5) is 14.6. The molecule has 5 nitrogen and oxygen atoms in total. The zero-order valence-electron chi connectivity index (χ0n) is 15.9. The summed E-state index contributed by atoms with van der Waals surface area (Å²) in [6.07, 6.45) is 2.89. The van der Waals surface area contributed by atoms with E-state index in [-0.39, 0.29) is 17.9 Å². The highest BCUT2D eigenvalue weighted by Crippen LogP contribution is 2.25. The van der Waals surface area contributed by atoms with Crippen LogP contribution in [0.4, 0.5) is 5.82 Å². The van der Waals surface area contributed by atoms with E-state index in [4.69, 9.17) is 0 Å². The molecule has 2 heterocycles. The first-order valence-electron chi connectivity index (χ1n) is 9.53. The van der Waals surface area contributed by atoms with Gasteiger partial charge in [-0.2, -0.15) is 0 Å². The predicted octanol–water partition coefficient (Wildman–Crippen LogP) is 3.58. The van der Waals surface area contributed by atoms with Gasteiger partial charge in [0.1, 0.15) is 0 Å². The third-order valence-corrected chi connectivity index (χ3v) is 5.19. The number of benzene rings is 1. The molecule has 1 fully saturated rings. The van der Waals surface area contributed by atoms with Crippen molar-refractivity contribution in [2.45, 2.75) is 46.1 Å². The minimum atomic E-state index is 0.0237. The molecular formula is C21H28N4O. The molecule has 3 rings (SSSR count). The predicted molar refractivity (Wildman–Crippen MR) is 105 cm³/mol. The summed E-state index contributed by atoms with van der Waals surface area (Å²) in [7, 11) is 0. The number of rotatable bonds is 5. The summed E-state index contributed by atoms with van der Waals surface area (Å²) < 4.78 is 0. The van der Waals surface area contributed by atoms with E-state index < -0.39 is 0 Å². The molecule has 1 aromatic heterocycles. The zero-order chi connectivity index (χ0) is 18.5. The summed E-state index contributed by atoms with van der Waals surface area (Å²) in [5.74, 6) is 1.03. The molecule has 26 heavy (non-hydrogen) atoms. The maximum atomic E-state index is 12.4. The van der Waals surface area contributed by atoms with Crippen molar-refractivity contribution in [3.05, 3.63) is 42.0 Å². The van der Waals surface area contributed by atoms with Crippen LogP contribution >= 0.6 is 0 Å². The van der Waals surface area contributed by atoms with E-state index in [1.807, 2.05) is 31.2 Å². The van der Waals surface area contributed by atoms with Gasteiger partial charge >= 0.3 is 0 Å².